The van der Waals surface area contributed by atoms with Crippen molar-refractivity contribution >= 4 is 23.5 Å². The number of unbranched alkanes of at least 4 members (excludes halogenated alkanes) is 1. The summed E-state index contributed by atoms with van der Waals surface area (Å²) >= 11 is 1.42. The van der Waals surface area contributed by atoms with E-state index in [0.717, 1.165) is 17.7 Å². The van der Waals surface area contributed by atoms with Crippen molar-refractivity contribution in [1.29, 1.82) is 0 Å². The van der Waals surface area contributed by atoms with Crippen LogP contribution in [0.2, 0.25) is 0 Å². The van der Waals surface area contributed by atoms with Gasteiger partial charge in [0.1, 0.15) is 5.60 Å². The predicted molar refractivity (Wildman–Crippen MR) is 95.9 cm³/mol. The Morgan fingerprint density at radius 2 is 2.17 bits per heavy atom. The summed E-state index contributed by atoms with van der Waals surface area (Å²) < 4.78 is 5.18. The summed E-state index contributed by atoms with van der Waals surface area (Å²) in [5, 5.41) is 2.82. The second-order valence-corrected chi connectivity index (χ2v) is 7.02. The van der Waals surface area contributed by atoms with E-state index in [1.54, 1.807) is 26.2 Å². The van der Waals surface area contributed by atoms with Crippen molar-refractivity contribution in [3.63, 3.8) is 0 Å². The van der Waals surface area contributed by atoms with Crippen LogP contribution in [0, 0.1) is 0 Å². The van der Waals surface area contributed by atoms with Crippen LogP contribution in [0.15, 0.2) is 29.4 Å². The van der Waals surface area contributed by atoms with E-state index in [4.69, 9.17) is 10.5 Å². The number of amides is 1. The van der Waals surface area contributed by atoms with Gasteiger partial charge in [-0.05, 0) is 51.8 Å². The van der Waals surface area contributed by atoms with Crippen LogP contribution in [0.25, 0.3) is 0 Å². The average Bonchev–Trinajstić information content (AvgIpc) is 2.59. The Hall–Kier alpha value is -1.44. The molecule has 1 aromatic heterocycles. The highest BCUT2D eigenvalue weighted by molar-refractivity contribution is 8.00. The molecule has 1 rings (SSSR count). The van der Waals surface area contributed by atoms with Gasteiger partial charge in [-0.1, -0.05) is 0 Å². The van der Waals surface area contributed by atoms with E-state index < -0.39 is 11.6 Å². The van der Waals surface area contributed by atoms with Crippen LogP contribution < -0.4 is 11.1 Å². The molecule has 0 aliphatic heterocycles. The largest absolute Gasteiger partial charge is 0.369 e. The minimum absolute atomic E-state index is 0.0128. The van der Waals surface area contributed by atoms with Gasteiger partial charge in [0.15, 0.2) is 5.78 Å². The highest BCUT2D eigenvalue weighted by Gasteiger charge is 2.30. The molecule has 6 nitrogen and oxygen atoms in total. The third-order valence-corrected chi connectivity index (χ3v) is 4.72. The number of rotatable bonds is 11. The number of carbonyl (C=O) groups excluding carboxylic acids is 2. The Morgan fingerprint density at radius 1 is 1.42 bits per heavy atom. The summed E-state index contributed by atoms with van der Waals surface area (Å²) in [6.45, 7) is 3.92. The monoisotopic (exact) mass is 353 g/mol. The normalized spacial score (nSPS) is 12.7. The third kappa shape index (κ3) is 6.98. The molecule has 1 heterocycles. The number of nitrogens with one attached hydrogen (secondary N) is 1. The maximum atomic E-state index is 12.5. The Balaban J connectivity index is 2.65. The molecule has 0 fully saturated rings. The van der Waals surface area contributed by atoms with Crippen LogP contribution in [0.3, 0.4) is 0 Å². The Bertz CT molecular complexity index is 523. The average molecular weight is 353 g/mol. The van der Waals surface area contributed by atoms with E-state index in [1.165, 1.54) is 18.9 Å². The second-order valence-electron chi connectivity index (χ2n) is 5.97. The number of hydrogen-bond acceptors (Lipinski definition) is 6. The number of carbonyl (C=O) groups is 2. The third-order valence-electron chi connectivity index (χ3n) is 3.71. The lowest BCUT2D eigenvalue weighted by Gasteiger charge is -2.25. The first-order valence-corrected chi connectivity index (χ1v) is 9.01. The number of Topliss-reactive ketones (excluding diaryl/α,β-unsaturated/α-hetero) is 1. The highest BCUT2D eigenvalue weighted by atomic mass is 32.2. The van der Waals surface area contributed by atoms with Crippen molar-refractivity contribution in [2.24, 2.45) is 5.73 Å². The van der Waals surface area contributed by atoms with Gasteiger partial charge < -0.3 is 15.8 Å². The first kappa shape index (κ1) is 20.6. The van der Waals surface area contributed by atoms with Gasteiger partial charge in [0.2, 0.25) is 0 Å². The van der Waals surface area contributed by atoms with Gasteiger partial charge in [0.25, 0.3) is 5.91 Å². The first-order valence-electron chi connectivity index (χ1n) is 8.02. The number of nitrogens with zero attached hydrogens (tertiary/aromatic N) is 1. The predicted octanol–water partition coefficient (Wildman–Crippen LogP) is 1.78. The molecule has 0 radical (unpaired) electrons. The van der Waals surface area contributed by atoms with Crippen molar-refractivity contribution < 1.29 is 14.3 Å². The van der Waals surface area contributed by atoms with Gasteiger partial charge in [0, 0.05) is 24.4 Å². The zero-order chi connectivity index (χ0) is 18.0. The number of ketones is 1. The van der Waals surface area contributed by atoms with E-state index in [2.05, 4.69) is 10.3 Å². The number of aromatic nitrogens is 1. The lowest BCUT2D eigenvalue weighted by atomic mass is 10.0. The Labute approximate surface area is 147 Å². The van der Waals surface area contributed by atoms with Crippen molar-refractivity contribution in [1.82, 2.24) is 10.3 Å². The lowest BCUT2D eigenvalue weighted by molar-refractivity contribution is -0.141. The first-order chi connectivity index (χ1) is 11.4. The van der Waals surface area contributed by atoms with Crippen LogP contribution in [-0.2, 0) is 14.3 Å². The maximum absolute atomic E-state index is 12.5. The molecule has 1 atom stereocenters. The van der Waals surface area contributed by atoms with Crippen molar-refractivity contribution in [2.75, 3.05) is 19.4 Å². The summed E-state index contributed by atoms with van der Waals surface area (Å²) in [5.41, 5.74) is 4.54. The second kappa shape index (κ2) is 10.4. The van der Waals surface area contributed by atoms with Crippen LogP contribution >= 0.6 is 11.8 Å². The van der Waals surface area contributed by atoms with Gasteiger partial charge >= 0.3 is 0 Å². The van der Waals surface area contributed by atoms with E-state index in [9.17, 15) is 9.59 Å². The summed E-state index contributed by atoms with van der Waals surface area (Å²) in [6.07, 6.45) is 5.60. The maximum Gasteiger partial charge on any atom is 0.252 e. The van der Waals surface area contributed by atoms with Crippen molar-refractivity contribution in [3.05, 3.63) is 24.5 Å². The number of ether oxygens (including phenoxy) is 1. The van der Waals surface area contributed by atoms with Gasteiger partial charge in [-0.3, -0.25) is 14.6 Å². The smallest absolute Gasteiger partial charge is 0.252 e. The van der Waals surface area contributed by atoms with Gasteiger partial charge in [-0.25, -0.2) is 0 Å². The fourth-order valence-corrected chi connectivity index (χ4v) is 2.74. The molecule has 24 heavy (non-hydrogen) atoms. The zero-order valence-electron chi connectivity index (χ0n) is 14.6. The minimum Gasteiger partial charge on any atom is -0.369 e. The summed E-state index contributed by atoms with van der Waals surface area (Å²) in [4.78, 5) is 29.8. The molecule has 0 saturated heterocycles. The van der Waals surface area contributed by atoms with Gasteiger partial charge in [-0.15, -0.1) is 11.8 Å². The lowest BCUT2D eigenvalue weighted by Crippen LogP contribution is -2.50. The number of hydrogen-bond donors (Lipinski definition) is 2. The molecule has 134 valence electrons. The van der Waals surface area contributed by atoms with Crippen molar-refractivity contribution in [3.8, 4) is 0 Å². The van der Waals surface area contributed by atoms with Crippen LogP contribution in [0.5, 0.6) is 0 Å². The topological polar surface area (TPSA) is 94.3 Å². The van der Waals surface area contributed by atoms with Gasteiger partial charge in [-0.2, -0.15) is 0 Å². The molecule has 7 heteroatoms. The SMILES string of the molecule is COC(C)(C)C(=O)NC(CCCCN)C(=O)CSc1cccnc1. The van der Waals surface area contributed by atoms with Gasteiger partial charge in [0.05, 0.1) is 11.8 Å². The zero-order valence-corrected chi connectivity index (χ0v) is 15.4. The fourth-order valence-electron chi connectivity index (χ4n) is 1.92. The van der Waals surface area contributed by atoms with E-state index >= 15 is 0 Å². The van der Waals surface area contributed by atoms with Crippen molar-refractivity contribution in [2.45, 2.75) is 49.6 Å². The highest BCUT2D eigenvalue weighted by Crippen LogP contribution is 2.18. The van der Waals surface area contributed by atoms with Crippen LogP contribution in [-0.4, -0.2) is 47.7 Å². The Morgan fingerprint density at radius 3 is 2.75 bits per heavy atom. The fraction of sp³-hybridized carbons (Fsp3) is 0.588. The number of methoxy groups -OCH3 is 1. The molecule has 0 aliphatic carbocycles. The van der Waals surface area contributed by atoms with E-state index in [1.807, 2.05) is 12.1 Å². The van der Waals surface area contributed by atoms with E-state index in [0.29, 0.717) is 13.0 Å². The minimum atomic E-state index is -0.969. The molecule has 0 aliphatic rings. The Kier molecular flexibility index (Phi) is 8.95. The number of thioether (sulfide) groups is 1. The summed E-state index contributed by atoms with van der Waals surface area (Å²) in [6, 6.07) is 3.21. The number of nitrogens with two attached hydrogens (primary N) is 1. The summed E-state index contributed by atoms with van der Waals surface area (Å²) in [7, 11) is 1.48. The number of pyridine rings is 1. The molecular weight excluding hydrogens is 326 g/mol. The molecule has 1 unspecified atom stereocenters. The quantitative estimate of drug-likeness (QED) is 0.465. The molecule has 0 saturated carbocycles. The summed E-state index contributed by atoms with van der Waals surface area (Å²) in [5.74, 6) is -0.0178. The molecule has 1 amide bonds. The van der Waals surface area contributed by atoms with Crippen LogP contribution in [0.4, 0.5) is 0 Å². The molecule has 0 aromatic carbocycles. The molecular formula is C17H27N3O3S. The van der Waals surface area contributed by atoms with Crippen LogP contribution in [0.1, 0.15) is 33.1 Å². The van der Waals surface area contributed by atoms with E-state index in [-0.39, 0.29) is 17.4 Å². The molecule has 1 aromatic rings. The molecule has 0 bridgehead atoms. The molecule has 0 spiro atoms. The standard InChI is InChI=1S/C17H27N3O3S/c1-17(2,23-3)16(22)20-14(8-4-5-9-18)15(21)12-24-13-7-6-10-19-11-13/h6-7,10-11,14H,4-5,8-9,12,18H2,1-3H3,(H,20,22). The molecule has 3 N–H and O–H groups in total.